The van der Waals surface area contributed by atoms with Crippen LogP contribution in [0.3, 0.4) is 0 Å². The Morgan fingerprint density at radius 2 is 2.13 bits per heavy atom. The number of hydrogen-bond donors (Lipinski definition) is 1. The zero-order valence-electron chi connectivity index (χ0n) is 8.32. The predicted octanol–water partition coefficient (Wildman–Crippen LogP) is 3.15. The smallest absolute Gasteiger partial charge is 0.271 e. The molecule has 1 aromatic carbocycles. The predicted molar refractivity (Wildman–Crippen MR) is 59.1 cm³/mol. The molecule has 0 atom stereocenters. The second-order valence-electron chi connectivity index (χ2n) is 2.49. The van der Waals surface area contributed by atoms with Crippen LogP contribution < -0.4 is 0 Å². The quantitative estimate of drug-likeness (QED) is 0.601. The van der Waals surface area contributed by atoms with Gasteiger partial charge in [0.15, 0.2) is 0 Å². The Kier molecular flexibility index (Phi) is 3.62. The lowest BCUT2D eigenvalue weighted by molar-refractivity contribution is -0.384. The number of hydrogen-bond acceptors (Lipinski definition) is 3. The highest BCUT2D eigenvalue weighted by molar-refractivity contribution is 6.29. The Balaban J connectivity index is 0.000000531. The molecule has 2 aromatic rings. The molecule has 5 nitrogen and oxygen atoms in total. The van der Waals surface area contributed by atoms with E-state index in [1.807, 2.05) is 13.8 Å². The van der Waals surface area contributed by atoms with Crippen molar-refractivity contribution in [3.63, 3.8) is 0 Å². The number of aromatic amines is 1. The van der Waals surface area contributed by atoms with Gasteiger partial charge in [0.25, 0.3) is 5.69 Å². The molecule has 80 valence electrons. The number of halogens is 1. The maximum Gasteiger partial charge on any atom is 0.271 e. The molecule has 0 saturated carbocycles. The minimum atomic E-state index is -0.464. The molecule has 0 amide bonds. The lowest BCUT2D eigenvalue weighted by Gasteiger charge is -1.89. The lowest BCUT2D eigenvalue weighted by Crippen LogP contribution is -1.86. The molecule has 0 bridgehead atoms. The summed E-state index contributed by atoms with van der Waals surface area (Å²) in [4.78, 5) is 16.5. The van der Waals surface area contributed by atoms with Crippen molar-refractivity contribution in [1.82, 2.24) is 9.97 Å². The van der Waals surface area contributed by atoms with E-state index in [2.05, 4.69) is 9.97 Å². The molecule has 2 rings (SSSR count). The molecule has 0 radical (unpaired) electrons. The zero-order chi connectivity index (χ0) is 11.4. The number of nitro benzene ring substituents is 1. The van der Waals surface area contributed by atoms with Crippen LogP contribution in [0.25, 0.3) is 11.0 Å². The molecule has 0 unspecified atom stereocenters. The van der Waals surface area contributed by atoms with Gasteiger partial charge in [-0.3, -0.25) is 10.1 Å². The highest BCUT2D eigenvalue weighted by Gasteiger charge is 2.08. The first-order valence-corrected chi connectivity index (χ1v) is 4.84. The Bertz CT molecular complexity index is 481. The normalized spacial score (nSPS) is 9.53. The topological polar surface area (TPSA) is 71.8 Å². The van der Waals surface area contributed by atoms with Crippen LogP contribution in [0.15, 0.2) is 18.2 Å². The highest BCUT2D eigenvalue weighted by Crippen LogP contribution is 2.20. The average Bonchev–Trinajstić information content (AvgIpc) is 2.59. The Morgan fingerprint density at radius 1 is 1.47 bits per heavy atom. The fourth-order valence-electron chi connectivity index (χ4n) is 1.08. The summed E-state index contributed by atoms with van der Waals surface area (Å²) in [6.45, 7) is 4.00. The Hall–Kier alpha value is -1.62. The van der Waals surface area contributed by atoms with Crippen LogP contribution in [0.1, 0.15) is 13.8 Å². The van der Waals surface area contributed by atoms with Crippen LogP contribution in [0.5, 0.6) is 0 Å². The number of benzene rings is 1. The standard InChI is InChI=1S/C7H4ClN3O2.C2H6/c8-7-9-5-2-1-4(11(12)13)3-6(5)10-7;1-2/h1-3H,(H,9,10);1-2H3. The summed E-state index contributed by atoms with van der Waals surface area (Å²) in [5, 5.41) is 10.6. The molecule has 1 heterocycles. The van der Waals surface area contributed by atoms with E-state index >= 15 is 0 Å². The van der Waals surface area contributed by atoms with Gasteiger partial charge in [-0.05, 0) is 17.7 Å². The first kappa shape index (κ1) is 11.5. The fourth-order valence-corrected chi connectivity index (χ4v) is 1.27. The maximum atomic E-state index is 10.4. The summed E-state index contributed by atoms with van der Waals surface area (Å²) in [7, 11) is 0. The molecule has 6 heteroatoms. The summed E-state index contributed by atoms with van der Waals surface area (Å²) in [5.41, 5.74) is 1.21. The van der Waals surface area contributed by atoms with Crippen molar-refractivity contribution in [2.45, 2.75) is 13.8 Å². The van der Waals surface area contributed by atoms with Crippen molar-refractivity contribution in [2.75, 3.05) is 0 Å². The number of non-ortho nitro benzene ring substituents is 1. The second kappa shape index (κ2) is 4.75. The largest absolute Gasteiger partial charge is 0.328 e. The number of nitro groups is 1. The van der Waals surface area contributed by atoms with Crippen molar-refractivity contribution in [3.05, 3.63) is 33.6 Å². The molecule has 1 N–H and O–H groups in total. The van der Waals surface area contributed by atoms with Gasteiger partial charge in [0.2, 0.25) is 5.28 Å². The van der Waals surface area contributed by atoms with Crippen LogP contribution in [0, 0.1) is 10.1 Å². The molecule has 0 aliphatic carbocycles. The van der Waals surface area contributed by atoms with Crippen LogP contribution in [0.4, 0.5) is 5.69 Å². The molecule has 0 aliphatic heterocycles. The van der Waals surface area contributed by atoms with Crippen molar-refractivity contribution in [3.8, 4) is 0 Å². The van der Waals surface area contributed by atoms with Crippen LogP contribution in [-0.2, 0) is 0 Å². The van der Waals surface area contributed by atoms with Crippen LogP contribution in [-0.4, -0.2) is 14.9 Å². The first-order chi connectivity index (χ1) is 7.16. The zero-order valence-corrected chi connectivity index (χ0v) is 9.08. The van der Waals surface area contributed by atoms with E-state index in [0.717, 1.165) is 0 Å². The molecule has 1 aromatic heterocycles. The van der Waals surface area contributed by atoms with Crippen molar-refractivity contribution >= 4 is 28.3 Å². The number of nitrogens with one attached hydrogen (secondary N) is 1. The summed E-state index contributed by atoms with van der Waals surface area (Å²) in [5.74, 6) is 0. The van der Waals surface area contributed by atoms with E-state index in [9.17, 15) is 10.1 Å². The third kappa shape index (κ3) is 2.44. The SMILES string of the molecule is CC.O=[N+]([O-])c1ccc2nc(Cl)[nH]c2c1. The monoisotopic (exact) mass is 227 g/mol. The number of imidazole rings is 1. The van der Waals surface area contributed by atoms with Crippen LogP contribution >= 0.6 is 11.6 Å². The summed E-state index contributed by atoms with van der Waals surface area (Å²) in [6, 6.07) is 4.34. The number of aromatic nitrogens is 2. The molecule has 0 aliphatic rings. The Labute approximate surface area is 91.2 Å². The van der Waals surface area contributed by atoms with E-state index in [1.54, 1.807) is 6.07 Å². The maximum absolute atomic E-state index is 10.4. The van der Waals surface area contributed by atoms with Crippen molar-refractivity contribution < 1.29 is 4.92 Å². The molecule has 0 saturated heterocycles. The van der Waals surface area contributed by atoms with E-state index in [4.69, 9.17) is 11.6 Å². The van der Waals surface area contributed by atoms with Crippen molar-refractivity contribution in [1.29, 1.82) is 0 Å². The molecule has 0 spiro atoms. The van der Waals surface area contributed by atoms with Gasteiger partial charge in [0, 0.05) is 12.1 Å². The molecular formula is C9H10ClN3O2. The average molecular weight is 228 g/mol. The van der Waals surface area contributed by atoms with Gasteiger partial charge in [0.05, 0.1) is 16.0 Å². The summed E-state index contributed by atoms with van der Waals surface area (Å²) in [6.07, 6.45) is 0. The van der Waals surface area contributed by atoms with E-state index < -0.39 is 4.92 Å². The number of rotatable bonds is 1. The molecule has 15 heavy (non-hydrogen) atoms. The number of nitrogens with zero attached hydrogens (tertiary/aromatic N) is 2. The minimum absolute atomic E-state index is 0.0211. The van der Waals surface area contributed by atoms with Crippen LogP contribution in [0.2, 0.25) is 5.28 Å². The third-order valence-corrected chi connectivity index (χ3v) is 1.83. The van der Waals surface area contributed by atoms with Crippen molar-refractivity contribution in [2.24, 2.45) is 0 Å². The highest BCUT2D eigenvalue weighted by atomic mass is 35.5. The van der Waals surface area contributed by atoms with Gasteiger partial charge < -0.3 is 4.98 Å². The molecule has 0 fully saturated rings. The van der Waals surface area contributed by atoms with E-state index in [-0.39, 0.29) is 11.0 Å². The second-order valence-corrected chi connectivity index (χ2v) is 2.84. The number of H-pyrrole nitrogens is 1. The molecular weight excluding hydrogens is 218 g/mol. The minimum Gasteiger partial charge on any atom is -0.328 e. The van der Waals surface area contributed by atoms with Gasteiger partial charge >= 0.3 is 0 Å². The summed E-state index contributed by atoms with van der Waals surface area (Å²) < 4.78 is 0. The van der Waals surface area contributed by atoms with E-state index in [1.165, 1.54) is 12.1 Å². The number of fused-ring (bicyclic) bond motifs is 1. The van der Waals surface area contributed by atoms with Gasteiger partial charge in [-0.2, -0.15) is 0 Å². The van der Waals surface area contributed by atoms with Gasteiger partial charge in [0.1, 0.15) is 0 Å². The summed E-state index contributed by atoms with van der Waals surface area (Å²) >= 11 is 5.58. The fraction of sp³-hybridized carbons (Fsp3) is 0.222. The van der Waals surface area contributed by atoms with E-state index in [0.29, 0.717) is 11.0 Å². The van der Waals surface area contributed by atoms with Gasteiger partial charge in [-0.1, -0.05) is 13.8 Å². The van der Waals surface area contributed by atoms with Gasteiger partial charge in [-0.25, -0.2) is 4.98 Å². The first-order valence-electron chi connectivity index (χ1n) is 4.46. The van der Waals surface area contributed by atoms with Gasteiger partial charge in [-0.15, -0.1) is 0 Å². The Morgan fingerprint density at radius 3 is 2.73 bits per heavy atom. The lowest BCUT2D eigenvalue weighted by atomic mass is 10.3. The third-order valence-electron chi connectivity index (χ3n) is 1.65.